The number of aromatic nitrogens is 5. The molecule has 2 aromatic heterocycles. The topological polar surface area (TPSA) is 109 Å². The van der Waals surface area contributed by atoms with Crippen molar-refractivity contribution in [3.05, 3.63) is 71.0 Å². The summed E-state index contributed by atoms with van der Waals surface area (Å²) < 4.78 is 12.3. The molecule has 2 aliphatic rings. The highest BCUT2D eigenvalue weighted by Gasteiger charge is 2.31. The summed E-state index contributed by atoms with van der Waals surface area (Å²) in [5.74, 6) is 1.33. The van der Waals surface area contributed by atoms with Gasteiger partial charge in [0, 0.05) is 49.7 Å². The van der Waals surface area contributed by atoms with Gasteiger partial charge < -0.3 is 9.47 Å². The summed E-state index contributed by atoms with van der Waals surface area (Å²) in [4.78, 5) is 22.3. The summed E-state index contributed by atoms with van der Waals surface area (Å²) >= 11 is 6.86. The minimum Gasteiger partial charge on any atom is -0.492 e. The maximum Gasteiger partial charge on any atom is 0.266 e. The standard InChI is InChI=1S/C29H29N7O3S2/c37-28-26(41-29(40)36(28)10-2-4-27-31-33-34-32-27)18-20-5-8-25(39-16-13-35-11-14-38-15-12-35)23(17-20)21-6-7-24-22(19-21)3-1-9-30-24/h1,3,5-9,17-19H,2,4,10-16H2,(H,31,32,33,34)/b26-18-. The van der Waals surface area contributed by atoms with Crippen LogP contribution in [0.15, 0.2) is 59.6 Å². The first-order valence-electron chi connectivity index (χ1n) is 13.5. The van der Waals surface area contributed by atoms with Gasteiger partial charge in [-0.25, -0.2) is 0 Å². The van der Waals surface area contributed by atoms with Crippen LogP contribution in [-0.4, -0.2) is 91.6 Å². The van der Waals surface area contributed by atoms with Crippen LogP contribution in [0.25, 0.3) is 28.1 Å². The molecule has 2 fully saturated rings. The number of hydrogen-bond acceptors (Lipinski definition) is 10. The fourth-order valence-corrected chi connectivity index (χ4v) is 6.18. The van der Waals surface area contributed by atoms with Crippen LogP contribution < -0.4 is 4.74 Å². The molecule has 0 unspecified atom stereocenters. The molecule has 0 spiro atoms. The zero-order valence-electron chi connectivity index (χ0n) is 22.4. The van der Waals surface area contributed by atoms with Gasteiger partial charge in [0.25, 0.3) is 5.91 Å². The molecule has 0 bridgehead atoms. The molecule has 1 N–H and O–H groups in total. The van der Waals surface area contributed by atoms with Crippen molar-refractivity contribution in [1.29, 1.82) is 0 Å². The van der Waals surface area contributed by atoms with E-state index in [4.69, 9.17) is 21.7 Å². The number of carbonyl (C=O) groups is 1. The molecule has 0 atom stereocenters. The number of tetrazole rings is 1. The highest BCUT2D eigenvalue weighted by molar-refractivity contribution is 8.26. The molecule has 4 aromatic rings. The summed E-state index contributed by atoms with van der Waals surface area (Å²) in [5, 5.41) is 15.0. The summed E-state index contributed by atoms with van der Waals surface area (Å²) in [7, 11) is 0. The van der Waals surface area contributed by atoms with Crippen molar-refractivity contribution in [1.82, 2.24) is 35.4 Å². The number of rotatable bonds is 10. The van der Waals surface area contributed by atoms with Crippen molar-refractivity contribution in [3.8, 4) is 16.9 Å². The van der Waals surface area contributed by atoms with E-state index >= 15 is 0 Å². The van der Waals surface area contributed by atoms with Gasteiger partial charge >= 0.3 is 0 Å². The van der Waals surface area contributed by atoms with Gasteiger partial charge in [-0.1, -0.05) is 47.4 Å². The predicted molar refractivity (Wildman–Crippen MR) is 162 cm³/mol. The first-order chi connectivity index (χ1) is 20.1. The number of morpholine rings is 1. The maximum atomic E-state index is 13.2. The molecule has 0 saturated carbocycles. The Hall–Kier alpha value is -3.71. The summed E-state index contributed by atoms with van der Waals surface area (Å²) in [5.41, 5.74) is 3.82. The van der Waals surface area contributed by atoms with E-state index in [-0.39, 0.29) is 5.91 Å². The van der Waals surface area contributed by atoms with Crippen molar-refractivity contribution < 1.29 is 14.3 Å². The fourth-order valence-electron chi connectivity index (χ4n) is 4.87. The minimum absolute atomic E-state index is 0.0859. The molecule has 4 heterocycles. The molecule has 12 heteroatoms. The summed E-state index contributed by atoms with van der Waals surface area (Å²) in [6, 6.07) is 16.2. The number of carbonyl (C=O) groups excluding carboxylic acids is 1. The molecule has 210 valence electrons. The van der Waals surface area contributed by atoms with Crippen LogP contribution >= 0.6 is 24.0 Å². The molecule has 6 rings (SSSR count). The number of benzene rings is 2. The van der Waals surface area contributed by atoms with Gasteiger partial charge in [-0.05, 0) is 54.0 Å². The number of nitrogens with zero attached hydrogens (tertiary/aromatic N) is 6. The van der Waals surface area contributed by atoms with E-state index < -0.39 is 0 Å². The number of aryl methyl sites for hydroxylation is 1. The Labute approximate surface area is 247 Å². The lowest BCUT2D eigenvalue weighted by atomic mass is 9.99. The zero-order valence-corrected chi connectivity index (χ0v) is 24.0. The highest BCUT2D eigenvalue weighted by atomic mass is 32.2. The zero-order chi connectivity index (χ0) is 28.0. The Bertz CT molecular complexity index is 1570. The Morgan fingerprint density at radius 3 is 2.88 bits per heavy atom. The monoisotopic (exact) mass is 587 g/mol. The van der Waals surface area contributed by atoms with Crippen LogP contribution in [0.1, 0.15) is 17.8 Å². The third-order valence-corrected chi connectivity index (χ3v) is 8.41. The molecule has 0 aliphatic carbocycles. The third-order valence-electron chi connectivity index (χ3n) is 7.03. The Morgan fingerprint density at radius 2 is 2.02 bits per heavy atom. The lowest BCUT2D eigenvalue weighted by Gasteiger charge is -2.26. The second-order valence-corrected chi connectivity index (χ2v) is 11.4. The maximum absolute atomic E-state index is 13.2. The van der Waals surface area contributed by atoms with E-state index in [1.54, 1.807) is 11.1 Å². The summed E-state index contributed by atoms with van der Waals surface area (Å²) in [6.07, 6.45) is 5.01. The number of aromatic amines is 1. The molecule has 2 aromatic carbocycles. The van der Waals surface area contributed by atoms with E-state index in [1.807, 2.05) is 30.3 Å². The quantitative estimate of drug-likeness (QED) is 0.216. The third kappa shape index (κ3) is 6.62. The number of ether oxygens (including phenoxy) is 2. The van der Waals surface area contributed by atoms with Crippen LogP contribution in [0.2, 0.25) is 0 Å². The molecule has 10 nitrogen and oxygen atoms in total. The van der Waals surface area contributed by atoms with Crippen LogP contribution in [0, 0.1) is 0 Å². The number of hydrogen-bond donors (Lipinski definition) is 1. The van der Waals surface area contributed by atoms with Gasteiger partial charge in [0.05, 0.1) is 23.6 Å². The van der Waals surface area contributed by atoms with Crippen molar-refractivity contribution in [2.24, 2.45) is 0 Å². The fraction of sp³-hybridized carbons (Fsp3) is 0.310. The summed E-state index contributed by atoms with van der Waals surface area (Å²) in [6.45, 7) is 5.27. The van der Waals surface area contributed by atoms with Crippen LogP contribution in [0.5, 0.6) is 5.75 Å². The van der Waals surface area contributed by atoms with E-state index in [2.05, 4.69) is 54.8 Å². The molecule has 1 amide bonds. The van der Waals surface area contributed by atoms with Gasteiger partial charge in [-0.3, -0.25) is 19.6 Å². The van der Waals surface area contributed by atoms with Gasteiger partial charge in [0.15, 0.2) is 5.82 Å². The average Bonchev–Trinajstić information content (AvgIpc) is 3.62. The molecular weight excluding hydrogens is 558 g/mol. The van der Waals surface area contributed by atoms with Crippen LogP contribution in [0.3, 0.4) is 0 Å². The first-order valence-corrected chi connectivity index (χ1v) is 14.8. The smallest absolute Gasteiger partial charge is 0.266 e. The van der Waals surface area contributed by atoms with Gasteiger partial charge in [0.2, 0.25) is 0 Å². The number of nitrogens with one attached hydrogen (secondary N) is 1. The molecular formula is C29H29N7O3S2. The largest absolute Gasteiger partial charge is 0.492 e. The van der Waals surface area contributed by atoms with Crippen molar-refractivity contribution in [2.75, 3.05) is 46.0 Å². The number of pyridine rings is 1. The molecule has 2 aliphatic heterocycles. The minimum atomic E-state index is -0.0859. The first kappa shape index (κ1) is 27.5. The van der Waals surface area contributed by atoms with Crippen molar-refractivity contribution >= 4 is 51.2 Å². The average molecular weight is 588 g/mol. The molecule has 41 heavy (non-hydrogen) atoms. The Morgan fingerprint density at radius 1 is 1.12 bits per heavy atom. The number of thioether (sulfide) groups is 1. The number of H-pyrrole nitrogens is 1. The predicted octanol–water partition coefficient (Wildman–Crippen LogP) is 3.96. The number of amides is 1. The van der Waals surface area contributed by atoms with Crippen LogP contribution in [-0.2, 0) is 16.0 Å². The molecule has 2 saturated heterocycles. The van der Waals surface area contributed by atoms with Crippen molar-refractivity contribution in [3.63, 3.8) is 0 Å². The lowest BCUT2D eigenvalue weighted by molar-refractivity contribution is -0.122. The van der Waals surface area contributed by atoms with Gasteiger partial charge in [-0.15, -0.1) is 10.2 Å². The van der Waals surface area contributed by atoms with E-state index in [9.17, 15) is 4.79 Å². The lowest BCUT2D eigenvalue weighted by Crippen LogP contribution is -2.38. The Kier molecular flexibility index (Phi) is 8.61. The Balaban J connectivity index is 1.22. The number of thiocarbonyl (C=S) groups is 1. The second-order valence-electron chi connectivity index (χ2n) is 9.73. The van der Waals surface area contributed by atoms with Crippen molar-refractivity contribution in [2.45, 2.75) is 12.8 Å². The second kappa shape index (κ2) is 12.9. The van der Waals surface area contributed by atoms with E-state index in [0.717, 1.165) is 66.2 Å². The van der Waals surface area contributed by atoms with Gasteiger partial charge in [-0.2, -0.15) is 5.21 Å². The molecule has 0 radical (unpaired) electrons. The van der Waals surface area contributed by atoms with E-state index in [1.165, 1.54) is 11.8 Å². The SMILES string of the molecule is O=C1/C(=C/c2ccc(OCCN3CCOCC3)c(-c3ccc4ncccc4c3)c2)SC(=S)N1CCCc1nn[nH]n1. The number of fused-ring (bicyclic) bond motifs is 1. The van der Waals surface area contributed by atoms with E-state index in [0.29, 0.717) is 41.0 Å². The van der Waals surface area contributed by atoms with Crippen LogP contribution in [0.4, 0.5) is 0 Å². The van der Waals surface area contributed by atoms with Gasteiger partial charge in [0.1, 0.15) is 16.7 Å². The normalized spacial score (nSPS) is 17.2. The highest BCUT2D eigenvalue weighted by Crippen LogP contribution is 2.36.